The highest BCUT2D eigenvalue weighted by molar-refractivity contribution is 5.94. The molecule has 0 bridgehead atoms. The minimum absolute atomic E-state index is 0.0939. The van der Waals surface area contributed by atoms with Crippen LogP contribution in [0.25, 0.3) is 0 Å². The Labute approximate surface area is 113 Å². The molecule has 1 aromatic carbocycles. The lowest BCUT2D eigenvalue weighted by Crippen LogP contribution is -2.29. The first-order valence-electron chi connectivity index (χ1n) is 5.67. The Morgan fingerprint density at radius 2 is 2.00 bits per heavy atom. The lowest BCUT2D eigenvalue weighted by molar-refractivity contribution is -0.184. The molecule has 0 aliphatic heterocycles. The van der Waals surface area contributed by atoms with E-state index < -0.39 is 18.7 Å². The van der Waals surface area contributed by atoms with Gasteiger partial charge in [0.2, 0.25) is 0 Å². The highest BCUT2D eigenvalue weighted by Gasteiger charge is 2.28. The van der Waals surface area contributed by atoms with Crippen molar-refractivity contribution < 1.29 is 32.3 Å². The van der Waals surface area contributed by atoms with Crippen molar-refractivity contribution in [3.05, 3.63) is 23.8 Å². The number of methoxy groups -OCH3 is 1. The summed E-state index contributed by atoms with van der Waals surface area (Å²) in [6.45, 7) is 0.540. The van der Waals surface area contributed by atoms with E-state index in [1.165, 1.54) is 25.3 Å². The number of ether oxygens (including phenoxy) is 2. The van der Waals surface area contributed by atoms with Crippen molar-refractivity contribution in [1.82, 2.24) is 5.48 Å². The summed E-state index contributed by atoms with van der Waals surface area (Å²) in [7, 11) is 1.43. The Morgan fingerprint density at radius 1 is 1.30 bits per heavy atom. The van der Waals surface area contributed by atoms with Gasteiger partial charge in [0.25, 0.3) is 5.91 Å². The van der Waals surface area contributed by atoms with Crippen LogP contribution in [0, 0.1) is 0 Å². The number of amides is 1. The number of nitrogens with one attached hydrogen (secondary N) is 1. The second kappa shape index (κ2) is 6.99. The standard InChI is InChI=1S/C12H14F3NO4/c1-3-19-10-6-8(4-5-9(10)18-2)11(17)16-20-7-12(13,14)15/h4-6H,3,7H2,1-2H3,(H,16,17). The first kappa shape index (κ1) is 16.1. The van der Waals surface area contributed by atoms with Crippen molar-refractivity contribution in [2.45, 2.75) is 13.1 Å². The van der Waals surface area contributed by atoms with E-state index in [1.807, 2.05) is 0 Å². The number of hydrogen-bond donors (Lipinski definition) is 1. The zero-order chi connectivity index (χ0) is 15.2. The number of halogens is 3. The molecule has 8 heteroatoms. The summed E-state index contributed by atoms with van der Waals surface area (Å²) in [5.41, 5.74) is 1.80. The highest BCUT2D eigenvalue weighted by Crippen LogP contribution is 2.28. The summed E-state index contributed by atoms with van der Waals surface area (Å²) in [5, 5.41) is 0. The fraction of sp³-hybridized carbons (Fsp3) is 0.417. The van der Waals surface area contributed by atoms with E-state index in [-0.39, 0.29) is 5.56 Å². The number of alkyl halides is 3. The quantitative estimate of drug-likeness (QED) is 0.818. The van der Waals surface area contributed by atoms with Crippen molar-refractivity contribution in [1.29, 1.82) is 0 Å². The van der Waals surface area contributed by atoms with Crippen LogP contribution in [-0.4, -0.2) is 32.4 Å². The van der Waals surface area contributed by atoms with Gasteiger partial charge in [0.15, 0.2) is 18.1 Å². The van der Waals surface area contributed by atoms with Crippen LogP contribution in [0.2, 0.25) is 0 Å². The highest BCUT2D eigenvalue weighted by atomic mass is 19.4. The molecule has 0 radical (unpaired) electrons. The van der Waals surface area contributed by atoms with E-state index >= 15 is 0 Å². The molecule has 0 unspecified atom stereocenters. The maximum Gasteiger partial charge on any atom is 0.414 e. The van der Waals surface area contributed by atoms with E-state index in [0.717, 1.165) is 0 Å². The molecule has 0 saturated carbocycles. The van der Waals surface area contributed by atoms with Crippen LogP contribution in [0.1, 0.15) is 17.3 Å². The molecular weight excluding hydrogens is 279 g/mol. The van der Waals surface area contributed by atoms with Gasteiger partial charge in [-0.1, -0.05) is 0 Å². The van der Waals surface area contributed by atoms with E-state index in [0.29, 0.717) is 18.1 Å². The summed E-state index contributed by atoms with van der Waals surface area (Å²) in [6.07, 6.45) is -4.51. The van der Waals surface area contributed by atoms with Gasteiger partial charge in [0, 0.05) is 5.56 Å². The fourth-order valence-corrected chi connectivity index (χ4v) is 1.33. The lowest BCUT2D eigenvalue weighted by atomic mass is 10.2. The van der Waals surface area contributed by atoms with E-state index in [1.54, 1.807) is 12.4 Å². The smallest absolute Gasteiger partial charge is 0.414 e. The van der Waals surface area contributed by atoms with Crippen LogP contribution in [0.5, 0.6) is 11.5 Å². The first-order valence-corrected chi connectivity index (χ1v) is 5.67. The monoisotopic (exact) mass is 293 g/mol. The molecule has 0 spiro atoms. The van der Waals surface area contributed by atoms with Crippen molar-refractivity contribution in [2.24, 2.45) is 0 Å². The molecule has 5 nitrogen and oxygen atoms in total. The first-order chi connectivity index (χ1) is 9.37. The summed E-state index contributed by atoms with van der Waals surface area (Å²) >= 11 is 0. The molecule has 0 saturated heterocycles. The Kier molecular flexibility index (Phi) is 5.63. The molecule has 1 N–H and O–H groups in total. The van der Waals surface area contributed by atoms with Gasteiger partial charge in [0.1, 0.15) is 0 Å². The Hall–Kier alpha value is -1.96. The number of carbonyl (C=O) groups is 1. The molecule has 0 aliphatic carbocycles. The maximum absolute atomic E-state index is 11.9. The number of benzene rings is 1. The molecule has 1 rings (SSSR count). The third kappa shape index (κ3) is 4.96. The predicted molar refractivity (Wildman–Crippen MR) is 63.6 cm³/mol. The molecule has 0 aliphatic rings. The fourth-order valence-electron chi connectivity index (χ4n) is 1.33. The summed E-state index contributed by atoms with van der Waals surface area (Å²) < 4.78 is 45.9. The van der Waals surface area contributed by atoms with Crippen LogP contribution >= 0.6 is 0 Å². The Balaban J connectivity index is 2.70. The maximum atomic E-state index is 11.9. The lowest BCUT2D eigenvalue weighted by Gasteiger charge is -2.11. The Morgan fingerprint density at radius 3 is 2.55 bits per heavy atom. The van der Waals surface area contributed by atoms with Gasteiger partial charge in [-0.2, -0.15) is 13.2 Å². The zero-order valence-electron chi connectivity index (χ0n) is 10.9. The topological polar surface area (TPSA) is 56.8 Å². The van der Waals surface area contributed by atoms with Gasteiger partial charge >= 0.3 is 6.18 Å². The molecule has 112 valence electrons. The van der Waals surface area contributed by atoms with Crippen molar-refractivity contribution in [3.8, 4) is 11.5 Å². The largest absolute Gasteiger partial charge is 0.493 e. The molecule has 0 aromatic heterocycles. The molecule has 1 amide bonds. The number of hydroxylamine groups is 1. The normalized spacial score (nSPS) is 11.1. The van der Waals surface area contributed by atoms with Gasteiger partial charge in [0.05, 0.1) is 13.7 Å². The van der Waals surface area contributed by atoms with Gasteiger partial charge in [-0.3, -0.25) is 9.63 Å². The average Bonchev–Trinajstić information content (AvgIpc) is 2.37. The number of hydrogen-bond acceptors (Lipinski definition) is 4. The van der Waals surface area contributed by atoms with E-state index in [2.05, 4.69) is 4.84 Å². The zero-order valence-corrected chi connectivity index (χ0v) is 10.9. The molecule has 1 aromatic rings. The van der Waals surface area contributed by atoms with Crippen molar-refractivity contribution >= 4 is 5.91 Å². The number of rotatable bonds is 6. The molecule has 0 heterocycles. The summed E-state index contributed by atoms with van der Waals surface area (Å²) in [4.78, 5) is 15.7. The third-order valence-corrected chi connectivity index (χ3v) is 2.13. The SMILES string of the molecule is CCOc1cc(C(=O)NOCC(F)(F)F)ccc1OC. The van der Waals surface area contributed by atoms with Crippen LogP contribution in [0.4, 0.5) is 13.2 Å². The third-order valence-electron chi connectivity index (χ3n) is 2.13. The van der Waals surface area contributed by atoms with Crippen LogP contribution < -0.4 is 15.0 Å². The molecule has 0 atom stereocenters. The second-order valence-corrected chi connectivity index (χ2v) is 3.63. The van der Waals surface area contributed by atoms with Gasteiger partial charge < -0.3 is 9.47 Å². The van der Waals surface area contributed by atoms with Crippen LogP contribution in [-0.2, 0) is 4.84 Å². The van der Waals surface area contributed by atoms with Gasteiger partial charge in [-0.25, -0.2) is 5.48 Å². The molecule has 20 heavy (non-hydrogen) atoms. The molecular formula is C12H14F3NO4. The number of carbonyl (C=O) groups excluding carboxylic acids is 1. The minimum atomic E-state index is -4.51. The average molecular weight is 293 g/mol. The van der Waals surface area contributed by atoms with Crippen molar-refractivity contribution in [3.63, 3.8) is 0 Å². The van der Waals surface area contributed by atoms with E-state index in [4.69, 9.17) is 9.47 Å². The van der Waals surface area contributed by atoms with Crippen LogP contribution in [0.3, 0.4) is 0 Å². The van der Waals surface area contributed by atoms with Gasteiger partial charge in [-0.05, 0) is 25.1 Å². The Bertz CT molecular complexity index is 463. The van der Waals surface area contributed by atoms with Crippen molar-refractivity contribution in [2.75, 3.05) is 20.3 Å². The second-order valence-electron chi connectivity index (χ2n) is 3.63. The minimum Gasteiger partial charge on any atom is -0.493 e. The summed E-state index contributed by atoms with van der Waals surface area (Å²) in [6, 6.07) is 4.21. The molecule has 0 fully saturated rings. The predicted octanol–water partition coefficient (Wildman–Crippen LogP) is 2.32. The van der Waals surface area contributed by atoms with E-state index in [9.17, 15) is 18.0 Å². The van der Waals surface area contributed by atoms with Gasteiger partial charge in [-0.15, -0.1) is 0 Å². The van der Waals surface area contributed by atoms with Crippen LogP contribution in [0.15, 0.2) is 18.2 Å². The summed E-state index contributed by atoms with van der Waals surface area (Å²) in [5.74, 6) is -0.0732.